The van der Waals surface area contributed by atoms with Gasteiger partial charge in [0.05, 0.1) is 17.3 Å². The van der Waals surface area contributed by atoms with Crippen LogP contribution in [-0.2, 0) is 24.8 Å². The van der Waals surface area contributed by atoms with Crippen molar-refractivity contribution >= 4 is 11.3 Å². The predicted molar refractivity (Wildman–Crippen MR) is 81.1 cm³/mol. The van der Waals surface area contributed by atoms with E-state index in [0.717, 1.165) is 44.9 Å². The molecule has 0 saturated carbocycles. The predicted octanol–water partition coefficient (Wildman–Crippen LogP) is 1.80. The normalized spacial score (nSPS) is 20.0. The van der Waals surface area contributed by atoms with E-state index < -0.39 is 0 Å². The van der Waals surface area contributed by atoms with Crippen molar-refractivity contribution in [3.8, 4) is 0 Å². The van der Waals surface area contributed by atoms with Crippen molar-refractivity contribution in [1.29, 1.82) is 0 Å². The maximum absolute atomic E-state index is 5.83. The molecule has 1 atom stereocenters. The molecule has 0 spiro atoms. The molecule has 6 nitrogen and oxygen atoms in total. The lowest BCUT2D eigenvalue weighted by Gasteiger charge is -2.31. The Labute approximate surface area is 128 Å². The van der Waals surface area contributed by atoms with Crippen molar-refractivity contribution < 1.29 is 4.74 Å². The minimum atomic E-state index is -0.00000192. The highest BCUT2D eigenvalue weighted by Gasteiger charge is 2.25. The van der Waals surface area contributed by atoms with E-state index >= 15 is 0 Å². The van der Waals surface area contributed by atoms with Gasteiger partial charge in [0.2, 0.25) is 0 Å². The smallest absolute Gasteiger partial charge is 0.163 e. The molecule has 0 radical (unpaired) electrons. The van der Waals surface area contributed by atoms with Crippen LogP contribution in [0, 0.1) is 0 Å². The fraction of sp³-hybridized carbons (Fsp3) is 0.643. The Hall–Kier alpha value is -1.31. The summed E-state index contributed by atoms with van der Waals surface area (Å²) in [4.78, 5) is 7.08. The highest BCUT2D eigenvalue weighted by Crippen LogP contribution is 2.22. The maximum Gasteiger partial charge on any atom is 0.163 e. The molecule has 0 aromatic carbocycles. The zero-order chi connectivity index (χ0) is 14.7. The number of hydrogen-bond donors (Lipinski definition) is 0. The minimum absolute atomic E-state index is 0.00000192. The lowest BCUT2D eigenvalue weighted by atomic mass is 10.2. The standard InChI is InChI=1S/C14H21N5OS/c1-3-4-13-16-11(9-21-13)7-19-5-6-20-12(8-19)14-17-15-10-18(14)2/h9-10,12H,3-8H2,1-2H3/t12-/m1/s1. The highest BCUT2D eigenvalue weighted by molar-refractivity contribution is 7.09. The van der Waals surface area contributed by atoms with Gasteiger partial charge >= 0.3 is 0 Å². The van der Waals surface area contributed by atoms with E-state index in [2.05, 4.69) is 27.4 Å². The molecular weight excluding hydrogens is 286 g/mol. The highest BCUT2D eigenvalue weighted by atomic mass is 32.1. The second kappa shape index (κ2) is 6.64. The summed E-state index contributed by atoms with van der Waals surface area (Å²) >= 11 is 1.77. The van der Waals surface area contributed by atoms with Crippen LogP contribution in [0.15, 0.2) is 11.7 Å². The molecule has 0 unspecified atom stereocenters. The second-order valence-electron chi connectivity index (χ2n) is 5.38. The molecule has 1 fully saturated rings. The Morgan fingerprint density at radius 1 is 1.48 bits per heavy atom. The largest absolute Gasteiger partial charge is 0.368 e. The van der Waals surface area contributed by atoms with E-state index in [1.54, 1.807) is 17.7 Å². The van der Waals surface area contributed by atoms with E-state index in [4.69, 9.17) is 9.72 Å². The van der Waals surface area contributed by atoms with Gasteiger partial charge in [0, 0.05) is 32.1 Å². The average Bonchev–Trinajstić information content (AvgIpc) is 3.09. The van der Waals surface area contributed by atoms with Crippen molar-refractivity contribution in [2.75, 3.05) is 19.7 Å². The monoisotopic (exact) mass is 307 g/mol. The molecular formula is C14H21N5OS. The van der Waals surface area contributed by atoms with Crippen LogP contribution >= 0.6 is 11.3 Å². The molecule has 0 bridgehead atoms. The molecule has 0 N–H and O–H groups in total. The molecule has 1 aliphatic rings. The summed E-state index contributed by atoms with van der Waals surface area (Å²) in [7, 11) is 1.95. The van der Waals surface area contributed by atoms with Gasteiger partial charge in [-0.15, -0.1) is 21.5 Å². The van der Waals surface area contributed by atoms with Gasteiger partial charge in [0.1, 0.15) is 12.4 Å². The Morgan fingerprint density at radius 2 is 2.38 bits per heavy atom. The second-order valence-corrected chi connectivity index (χ2v) is 6.32. The van der Waals surface area contributed by atoms with Crippen molar-refractivity contribution in [2.45, 2.75) is 32.4 Å². The van der Waals surface area contributed by atoms with Gasteiger partial charge < -0.3 is 9.30 Å². The summed E-state index contributed by atoms with van der Waals surface area (Å²) in [6, 6.07) is 0. The van der Waals surface area contributed by atoms with Gasteiger partial charge in [-0.2, -0.15) is 0 Å². The number of rotatable bonds is 5. The third kappa shape index (κ3) is 3.48. The molecule has 1 aliphatic heterocycles. The quantitative estimate of drug-likeness (QED) is 0.843. The Kier molecular flexibility index (Phi) is 4.62. The van der Waals surface area contributed by atoms with Crippen molar-refractivity contribution in [3.05, 3.63) is 28.2 Å². The molecule has 0 amide bonds. The van der Waals surface area contributed by atoms with Crippen LogP contribution in [0.4, 0.5) is 0 Å². The van der Waals surface area contributed by atoms with Crippen LogP contribution in [0.2, 0.25) is 0 Å². The van der Waals surface area contributed by atoms with Crippen LogP contribution in [0.1, 0.15) is 36.0 Å². The molecule has 7 heteroatoms. The van der Waals surface area contributed by atoms with Crippen molar-refractivity contribution in [2.24, 2.45) is 7.05 Å². The number of hydrogen-bond acceptors (Lipinski definition) is 6. The summed E-state index contributed by atoms with van der Waals surface area (Å²) in [6.45, 7) is 5.58. The number of aromatic nitrogens is 4. The van der Waals surface area contributed by atoms with Crippen LogP contribution in [0.5, 0.6) is 0 Å². The lowest BCUT2D eigenvalue weighted by molar-refractivity contribution is -0.0388. The zero-order valence-corrected chi connectivity index (χ0v) is 13.3. The molecule has 114 valence electrons. The van der Waals surface area contributed by atoms with Crippen LogP contribution < -0.4 is 0 Å². The summed E-state index contributed by atoms with van der Waals surface area (Å²) in [5.74, 6) is 0.893. The van der Waals surface area contributed by atoms with Gasteiger partial charge in [-0.1, -0.05) is 6.92 Å². The summed E-state index contributed by atoms with van der Waals surface area (Å²) in [6.07, 6.45) is 3.95. The first-order valence-corrected chi connectivity index (χ1v) is 8.25. The Morgan fingerprint density at radius 3 is 3.14 bits per heavy atom. The van der Waals surface area contributed by atoms with Gasteiger partial charge in [-0.3, -0.25) is 4.90 Å². The fourth-order valence-electron chi connectivity index (χ4n) is 2.57. The number of aryl methyl sites for hydroxylation is 2. The number of ether oxygens (including phenoxy) is 1. The molecule has 21 heavy (non-hydrogen) atoms. The molecule has 1 saturated heterocycles. The van der Waals surface area contributed by atoms with E-state index in [1.165, 1.54) is 10.7 Å². The van der Waals surface area contributed by atoms with Crippen LogP contribution in [-0.4, -0.2) is 44.3 Å². The van der Waals surface area contributed by atoms with Gasteiger partial charge in [-0.05, 0) is 12.8 Å². The third-order valence-corrected chi connectivity index (χ3v) is 4.59. The lowest BCUT2D eigenvalue weighted by Crippen LogP contribution is -2.38. The fourth-order valence-corrected chi connectivity index (χ4v) is 3.46. The van der Waals surface area contributed by atoms with E-state index in [9.17, 15) is 0 Å². The molecule has 3 rings (SSSR count). The van der Waals surface area contributed by atoms with Gasteiger partial charge in [0.25, 0.3) is 0 Å². The van der Waals surface area contributed by atoms with E-state index in [-0.39, 0.29) is 6.10 Å². The van der Waals surface area contributed by atoms with Crippen molar-refractivity contribution in [1.82, 2.24) is 24.6 Å². The summed E-state index contributed by atoms with van der Waals surface area (Å²) < 4.78 is 7.76. The first kappa shape index (κ1) is 14.6. The number of thiazole rings is 1. The van der Waals surface area contributed by atoms with Gasteiger partial charge in [-0.25, -0.2) is 4.98 Å². The van der Waals surface area contributed by atoms with Crippen LogP contribution in [0.25, 0.3) is 0 Å². The maximum atomic E-state index is 5.83. The summed E-state index contributed by atoms with van der Waals surface area (Å²) in [5, 5.41) is 11.5. The topological polar surface area (TPSA) is 56.1 Å². The average molecular weight is 307 g/mol. The Bertz CT molecular complexity index is 581. The van der Waals surface area contributed by atoms with E-state index in [1.807, 2.05) is 11.6 Å². The van der Waals surface area contributed by atoms with Crippen LogP contribution in [0.3, 0.4) is 0 Å². The molecule has 0 aliphatic carbocycles. The summed E-state index contributed by atoms with van der Waals surface area (Å²) in [5.41, 5.74) is 1.17. The zero-order valence-electron chi connectivity index (χ0n) is 12.5. The third-order valence-electron chi connectivity index (χ3n) is 3.63. The molecule has 3 heterocycles. The van der Waals surface area contributed by atoms with Crippen molar-refractivity contribution in [3.63, 3.8) is 0 Å². The first-order valence-electron chi connectivity index (χ1n) is 7.37. The van der Waals surface area contributed by atoms with Gasteiger partial charge in [0.15, 0.2) is 5.82 Å². The van der Waals surface area contributed by atoms with E-state index in [0.29, 0.717) is 0 Å². The molecule has 2 aromatic rings. The SMILES string of the molecule is CCCc1nc(CN2CCO[C@@H](c3nncn3C)C2)cs1. The Balaban J connectivity index is 1.62. The number of nitrogens with zero attached hydrogens (tertiary/aromatic N) is 5. The number of morpholine rings is 1. The molecule has 2 aromatic heterocycles. The first-order chi connectivity index (χ1) is 10.3. The minimum Gasteiger partial charge on any atom is -0.368 e.